The number of hydrogen-bond donors (Lipinski definition) is 0. The van der Waals surface area contributed by atoms with Crippen LogP contribution in [0, 0.1) is 11.3 Å². The van der Waals surface area contributed by atoms with Gasteiger partial charge < -0.3 is 0 Å². The second-order valence-electron chi connectivity index (χ2n) is 6.30. The fourth-order valence-corrected chi connectivity index (χ4v) is 3.04. The molecule has 124 valence electrons. The number of rotatable bonds is 11. The van der Waals surface area contributed by atoms with Crippen molar-refractivity contribution in [2.24, 2.45) is 15.0 Å². The predicted molar refractivity (Wildman–Crippen MR) is 95.5 cm³/mol. The summed E-state index contributed by atoms with van der Waals surface area (Å²) in [6.45, 7) is 4.14. The van der Waals surface area contributed by atoms with Crippen LogP contribution in [0.1, 0.15) is 78.1 Å². The molecule has 0 fully saturated rings. The van der Waals surface area contributed by atoms with Gasteiger partial charge >= 0.3 is 11.7 Å². The summed E-state index contributed by atoms with van der Waals surface area (Å²) in [6.07, 6.45) is 14.2. The van der Waals surface area contributed by atoms with E-state index in [9.17, 15) is 5.26 Å². The van der Waals surface area contributed by atoms with E-state index < -0.39 is 0 Å². The van der Waals surface area contributed by atoms with Crippen molar-refractivity contribution < 1.29 is 4.58 Å². The van der Waals surface area contributed by atoms with Crippen molar-refractivity contribution in [3.63, 3.8) is 0 Å². The van der Waals surface area contributed by atoms with Gasteiger partial charge in [-0.25, -0.2) is 4.58 Å². The van der Waals surface area contributed by atoms with Gasteiger partial charge in [0.15, 0.2) is 12.4 Å². The highest BCUT2D eigenvalue weighted by Crippen LogP contribution is 2.15. The summed E-state index contributed by atoms with van der Waals surface area (Å²) in [7, 11) is 0. The highest BCUT2D eigenvalue weighted by Gasteiger charge is 2.37. The van der Waals surface area contributed by atoms with Crippen molar-refractivity contribution in [3.05, 3.63) is 0 Å². The molecule has 5 heteroatoms. The smallest absolute Gasteiger partial charge is 0.210 e. The van der Waals surface area contributed by atoms with E-state index in [0.717, 1.165) is 24.5 Å². The standard InChI is InChI=1S/C18H28N5/c1-3-4-5-6-7-8-9-10-11-12-16-22-17-18(21-14-20-17)23(16)15(2)13-19/h14-15H,3-12H2,1-2H3/q+1. The van der Waals surface area contributed by atoms with Gasteiger partial charge in [0.25, 0.3) is 0 Å². The molecular weight excluding hydrogens is 286 g/mol. The van der Waals surface area contributed by atoms with E-state index in [1.54, 1.807) is 0 Å². The van der Waals surface area contributed by atoms with Gasteiger partial charge in [-0.2, -0.15) is 10.3 Å². The summed E-state index contributed by atoms with van der Waals surface area (Å²) in [4.78, 5) is 12.9. The number of nitrogens with zero attached hydrogens (tertiary/aromatic N) is 5. The number of amidine groups is 3. The molecule has 2 aliphatic heterocycles. The molecule has 1 unspecified atom stereocenters. The maximum atomic E-state index is 9.21. The van der Waals surface area contributed by atoms with Crippen molar-refractivity contribution in [2.75, 3.05) is 0 Å². The number of nitriles is 1. The van der Waals surface area contributed by atoms with Gasteiger partial charge in [0, 0.05) is 6.42 Å². The van der Waals surface area contributed by atoms with E-state index >= 15 is 0 Å². The maximum absolute atomic E-state index is 9.21. The zero-order valence-corrected chi connectivity index (χ0v) is 14.5. The fourth-order valence-electron chi connectivity index (χ4n) is 3.04. The molecule has 0 saturated carbocycles. The third-order valence-corrected chi connectivity index (χ3v) is 4.38. The average Bonchev–Trinajstić information content (AvgIpc) is 3.13. The molecule has 0 aromatic rings. The molecule has 0 amide bonds. The van der Waals surface area contributed by atoms with Gasteiger partial charge in [-0.15, -0.1) is 0 Å². The third kappa shape index (κ3) is 4.82. The summed E-state index contributed by atoms with van der Waals surface area (Å²) in [6, 6.07) is 2.03. The normalized spacial score (nSPS) is 17.1. The molecule has 0 radical (unpaired) electrons. The first kappa shape index (κ1) is 17.5. The Labute approximate surface area is 139 Å². The van der Waals surface area contributed by atoms with Gasteiger partial charge in [0.05, 0.1) is 0 Å². The van der Waals surface area contributed by atoms with E-state index in [-0.39, 0.29) is 6.04 Å². The highest BCUT2D eigenvalue weighted by atomic mass is 15.3. The Morgan fingerprint density at radius 1 is 1.09 bits per heavy atom. The average molecular weight is 314 g/mol. The van der Waals surface area contributed by atoms with E-state index in [1.807, 2.05) is 11.5 Å². The van der Waals surface area contributed by atoms with Crippen LogP contribution in [0.2, 0.25) is 0 Å². The summed E-state index contributed by atoms with van der Waals surface area (Å²) in [5, 5.41) is 9.21. The van der Waals surface area contributed by atoms with Crippen LogP contribution in [0.5, 0.6) is 0 Å². The van der Waals surface area contributed by atoms with E-state index in [1.165, 1.54) is 57.7 Å². The van der Waals surface area contributed by atoms with Crippen molar-refractivity contribution >= 4 is 23.8 Å². The Morgan fingerprint density at radius 3 is 2.39 bits per heavy atom. The minimum Gasteiger partial charge on any atom is -0.210 e. The summed E-state index contributed by atoms with van der Waals surface area (Å²) < 4.78 is 1.94. The molecule has 5 nitrogen and oxygen atoms in total. The molecule has 0 aromatic heterocycles. The van der Waals surface area contributed by atoms with Crippen LogP contribution in [0.25, 0.3) is 0 Å². The number of unbranched alkanes of at least 4 members (excludes halogenated alkanes) is 8. The van der Waals surface area contributed by atoms with E-state index in [4.69, 9.17) is 0 Å². The molecule has 0 spiro atoms. The van der Waals surface area contributed by atoms with E-state index in [2.05, 4.69) is 28.0 Å². The Hall–Kier alpha value is -1.83. The molecule has 2 heterocycles. The second-order valence-corrected chi connectivity index (χ2v) is 6.30. The molecule has 1 atom stereocenters. The quantitative estimate of drug-likeness (QED) is 0.418. The Balaban J connectivity index is 1.71. The van der Waals surface area contributed by atoms with Crippen LogP contribution in [-0.4, -0.2) is 34.5 Å². The van der Waals surface area contributed by atoms with E-state index in [0.29, 0.717) is 5.84 Å². The van der Waals surface area contributed by atoms with Crippen LogP contribution in [0.15, 0.2) is 15.0 Å². The summed E-state index contributed by atoms with van der Waals surface area (Å²) in [5.41, 5.74) is 0. The summed E-state index contributed by atoms with van der Waals surface area (Å²) >= 11 is 0. The van der Waals surface area contributed by atoms with Crippen molar-refractivity contribution in [3.8, 4) is 6.07 Å². The summed E-state index contributed by atoms with van der Waals surface area (Å²) in [5.74, 6) is 2.36. The molecule has 0 saturated heterocycles. The van der Waals surface area contributed by atoms with Crippen LogP contribution < -0.4 is 0 Å². The van der Waals surface area contributed by atoms with Crippen molar-refractivity contribution in [2.45, 2.75) is 84.1 Å². The molecule has 0 N–H and O–H groups in total. The monoisotopic (exact) mass is 314 g/mol. The van der Waals surface area contributed by atoms with Crippen LogP contribution in [-0.2, 0) is 0 Å². The molecular formula is C18H28N5+. The zero-order chi connectivity index (χ0) is 16.5. The lowest BCUT2D eigenvalue weighted by Crippen LogP contribution is -2.31. The lowest BCUT2D eigenvalue weighted by Gasteiger charge is -2.06. The SMILES string of the molecule is CCCCCCCCCCCC1=[N+](C(C)C#N)C2=NC=NC2=N1. The molecule has 0 bridgehead atoms. The van der Waals surface area contributed by atoms with Crippen LogP contribution in [0.4, 0.5) is 0 Å². The van der Waals surface area contributed by atoms with Gasteiger partial charge in [-0.3, -0.25) is 0 Å². The molecule has 0 aliphatic carbocycles. The predicted octanol–water partition coefficient (Wildman–Crippen LogP) is 4.08. The Morgan fingerprint density at radius 2 is 1.74 bits per heavy atom. The third-order valence-electron chi connectivity index (χ3n) is 4.38. The minimum absolute atomic E-state index is 0.245. The first-order chi connectivity index (χ1) is 11.3. The van der Waals surface area contributed by atoms with Crippen LogP contribution in [0.3, 0.4) is 0 Å². The second kappa shape index (κ2) is 9.34. The number of fused-ring (bicyclic) bond motifs is 1. The van der Waals surface area contributed by atoms with Gasteiger partial charge in [0.1, 0.15) is 6.07 Å². The lowest BCUT2D eigenvalue weighted by molar-refractivity contribution is -0.429. The molecule has 2 rings (SSSR count). The highest BCUT2D eigenvalue weighted by molar-refractivity contribution is 6.46. The number of aliphatic imine (C=N–C) groups is 3. The van der Waals surface area contributed by atoms with Crippen molar-refractivity contribution in [1.82, 2.24) is 0 Å². The maximum Gasteiger partial charge on any atom is 0.328 e. The van der Waals surface area contributed by atoms with Gasteiger partial charge in [-0.05, 0) is 13.3 Å². The number of hydrogen-bond acceptors (Lipinski definition) is 4. The van der Waals surface area contributed by atoms with Crippen molar-refractivity contribution in [1.29, 1.82) is 5.26 Å². The molecule has 23 heavy (non-hydrogen) atoms. The molecule has 2 aliphatic rings. The Kier molecular flexibility index (Phi) is 7.12. The molecule has 0 aromatic carbocycles. The topological polar surface area (TPSA) is 63.9 Å². The zero-order valence-electron chi connectivity index (χ0n) is 14.5. The largest absolute Gasteiger partial charge is 0.328 e. The Bertz CT molecular complexity index is 562. The minimum atomic E-state index is -0.245. The first-order valence-electron chi connectivity index (χ1n) is 9.02. The lowest BCUT2D eigenvalue weighted by atomic mass is 10.1. The van der Waals surface area contributed by atoms with Crippen LogP contribution >= 0.6 is 0 Å². The first-order valence-corrected chi connectivity index (χ1v) is 9.02. The fraction of sp³-hybridized carbons (Fsp3) is 0.722. The van der Waals surface area contributed by atoms with Gasteiger partial charge in [0.2, 0.25) is 5.84 Å². The van der Waals surface area contributed by atoms with Gasteiger partial charge in [-0.1, -0.05) is 68.3 Å².